The number of hydrogen-bond donors (Lipinski definition) is 1. The monoisotopic (exact) mass is 212 g/mol. The Morgan fingerprint density at radius 1 is 1.13 bits per heavy atom. The number of likely N-dealkylation sites (tertiary alicyclic amines) is 1. The van der Waals surface area contributed by atoms with Gasteiger partial charge in [0.25, 0.3) is 0 Å². The van der Waals surface area contributed by atoms with Gasteiger partial charge in [0.05, 0.1) is 12.7 Å². The van der Waals surface area contributed by atoms with E-state index in [4.69, 9.17) is 10.5 Å². The molecule has 2 N–H and O–H groups in total. The number of ether oxygens (including phenoxy) is 1. The second-order valence-electron chi connectivity index (χ2n) is 4.84. The van der Waals surface area contributed by atoms with Crippen molar-refractivity contribution < 1.29 is 4.74 Å². The van der Waals surface area contributed by atoms with Crippen LogP contribution in [0.1, 0.15) is 38.5 Å². The summed E-state index contributed by atoms with van der Waals surface area (Å²) in [6.45, 7) is 4.01. The molecule has 1 unspecified atom stereocenters. The van der Waals surface area contributed by atoms with Crippen molar-refractivity contribution in [3.05, 3.63) is 0 Å². The molecule has 2 fully saturated rings. The van der Waals surface area contributed by atoms with Crippen LogP contribution in [0.4, 0.5) is 0 Å². The molecule has 2 aliphatic rings. The van der Waals surface area contributed by atoms with Gasteiger partial charge in [-0.15, -0.1) is 0 Å². The highest BCUT2D eigenvalue weighted by atomic mass is 16.5. The van der Waals surface area contributed by atoms with Crippen molar-refractivity contribution in [2.45, 2.75) is 50.7 Å². The van der Waals surface area contributed by atoms with Crippen LogP contribution >= 0.6 is 0 Å². The fourth-order valence-corrected chi connectivity index (χ4v) is 2.62. The third kappa shape index (κ3) is 3.16. The smallest absolute Gasteiger partial charge is 0.0597 e. The highest BCUT2D eigenvalue weighted by Crippen LogP contribution is 2.21. The lowest BCUT2D eigenvalue weighted by Crippen LogP contribution is -2.52. The van der Waals surface area contributed by atoms with Crippen LogP contribution in [0.25, 0.3) is 0 Å². The molecule has 1 aliphatic carbocycles. The molecule has 0 radical (unpaired) electrons. The Morgan fingerprint density at radius 3 is 2.53 bits per heavy atom. The van der Waals surface area contributed by atoms with E-state index in [-0.39, 0.29) is 0 Å². The Labute approximate surface area is 93.0 Å². The summed E-state index contributed by atoms with van der Waals surface area (Å²) in [5.74, 6) is 0. The highest BCUT2D eigenvalue weighted by Gasteiger charge is 2.26. The molecular weight excluding hydrogens is 188 g/mol. The first kappa shape index (κ1) is 11.4. The summed E-state index contributed by atoms with van der Waals surface area (Å²) in [6, 6.07) is 0.639. The second-order valence-corrected chi connectivity index (χ2v) is 4.84. The maximum atomic E-state index is 5.90. The van der Waals surface area contributed by atoms with Crippen molar-refractivity contribution in [1.82, 2.24) is 4.90 Å². The molecule has 3 nitrogen and oxygen atoms in total. The second kappa shape index (κ2) is 5.83. The van der Waals surface area contributed by atoms with Gasteiger partial charge in [-0.1, -0.05) is 19.3 Å². The largest absolute Gasteiger partial charge is 0.377 e. The van der Waals surface area contributed by atoms with Gasteiger partial charge < -0.3 is 10.5 Å². The van der Waals surface area contributed by atoms with Crippen molar-refractivity contribution in [3.8, 4) is 0 Å². The SMILES string of the molecule is NCC1CCN1CCOC1CCCCC1. The maximum Gasteiger partial charge on any atom is 0.0597 e. The third-order valence-corrected chi connectivity index (χ3v) is 3.82. The van der Waals surface area contributed by atoms with Crippen LogP contribution in [0.3, 0.4) is 0 Å². The highest BCUT2D eigenvalue weighted by molar-refractivity contribution is 4.83. The first-order chi connectivity index (χ1) is 7.40. The van der Waals surface area contributed by atoms with Crippen LogP contribution in [-0.2, 0) is 4.74 Å². The molecule has 0 aromatic heterocycles. The summed E-state index contributed by atoms with van der Waals surface area (Å²) in [4.78, 5) is 2.45. The predicted octanol–water partition coefficient (Wildman–Crippen LogP) is 1.37. The van der Waals surface area contributed by atoms with Gasteiger partial charge in [-0.25, -0.2) is 0 Å². The first-order valence-corrected chi connectivity index (χ1v) is 6.46. The molecule has 2 rings (SSSR count). The average molecular weight is 212 g/mol. The summed E-state index contributed by atoms with van der Waals surface area (Å²) in [5, 5.41) is 0. The molecule has 1 saturated heterocycles. The van der Waals surface area contributed by atoms with E-state index < -0.39 is 0 Å². The minimum Gasteiger partial charge on any atom is -0.377 e. The number of hydrogen-bond acceptors (Lipinski definition) is 3. The quantitative estimate of drug-likeness (QED) is 0.748. The Balaban J connectivity index is 1.54. The lowest BCUT2D eigenvalue weighted by atomic mass is 9.98. The van der Waals surface area contributed by atoms with Gasteiger partial charge in [-0.2, -0.15) is 0 Å². The Hall–Kier alpha value is -0.120. The molecular formula is C12H24N2O. The van der Waals surface area contributed by atoms with E-state index >= 15 is 0 Å². The normalized spacial score (nSPS) is 29.0. The summed E-state index contributed by atoms with van der Waals surface area (Å²) in [5.41, 5.74) is 5.66. The number of nitrogens with zero attached hydrogens (tertiary/aromatic N) is 1. The molecule has 1 saturated carbocycles. The van der Waals surface area contributed by atoms with Crippen molar-refractivity contribution in [1.29, 1.82) is 0 Å². The molecule has 1 aliphatic heterocycles. The van der Waals surface area contributed by atoms with Crippen molar-refractivity contribution in [2.75, 3.05) is 26.2 Å². The van der Waals surface area contributed by atoms with Crippen LogP contribution in [0.5, 0.6) is 0 Å². The standard InChI is InChI=1S/C12H24N2O/c13-10-11-6-7-14(11)8-9-15-12-4-2-1-3-5-12/h11-12H,1-10,13H2. The molecule has 3 heteroatoms. The molecule has 0 aromatic carbocycles. The van der Waals surface area contributed by atoms with E-state index in [1.54, 1.807) is 0 Å². The van der Waals surface area contributed by atoms with Crippen molar-refractivity contribution in [2.24, 2.45) is 5.73 Å². The van der Waals surface area contributed by atoms with E-state index in [1.165, 1.54) is 45.1 Å². The number of rotatable bonds is 5. The van der Waals surface area contributed by atoms with Gasteiger partial charge in [0.2, 0.25) is 0 Å². The van der Waals surface area contributed by atoms with E-state index in [1.807, 2.05) is 0 Å². The third-order valence-electron chi connectivity index (χ3n) is 3.82. The lowest BCUT2D eigenvalue weighted by molar-refractivity contribution is -0.00594. The minimum absolute atomic E-state index is 0.552. The topological polar surface area (TPSA) is 38.5 Å². The van der Waals surface area contributed by atoms with E-state index in [0.29, 0.717) is 12.1 Å². The molecule has 15 heavy (non-hydrogen) atoms. The summed E-state index contributed by atoms with van der Waals surface area (Å²) in [7, 11) is 0. The van der Waals surface area contributed by atoms with Gasteiger partial charge in [0.15, 0.2) is 0 Å². The van der Waals surface area contributed by atoms with Crippen LogP contribution < -0.4 is 5.73 Å². The molecule has 1 atom stereocenters. The molecule has 0 spiro atoms. The minimum atomic E-state index is 0.552. The molecule has 0 amide bonds. The fourth-order valence-electron chi connectivity index (χ4n) is 2.62. The van der Waals surface area contributed by atoms with E-state index in [9.17, 15) is 0 Å². The molecule has 0 aromatic rings. The summed E-state index contributed by atoms with van der Waals surface area (Å²) < 4.78 is 5.90. The van der Waals surface area contributed by atoms with E-state index in [2.05, 4.69) is 4.90 Å². The summed E-state index contributed by atoms with van der Waals surface area (Å²) >= 11 is 0. The Kier molecular flexibility index (Phi) is 4.42. The molecule has 1 heterocycles. The Bertz CT molecular complexity index is 176. The molecule has 0 bridgehead atoms. The fraction of sp³-hybridized carbons (Fsp3) is 1.00. The lowest BCUT2D eigenvalue weighted by Gasteiger charge is -2.40. The zero-order chi connectivity index (χ0) is 10.5. The van der Waals surface area contributed by atoms with Crippen LogP contribution in [0, 0.1) is 0 Å². The number of nitrogens with two attached hydrogens (primary N) is 1. The van der Waals surface area contributed by atoms with Gasteiger partial charge in [0, 0.05) is 25.7 Å². The zero-order valence-electron chi connectivity index (χ0n) is 9.66. The first-order valence-electron chi connectivity index (χ1n) is 6.46. The van der Waals surface area contributed by atoms with Gasteiger partial charge in [0.1, 0.15) is 0 Å². The summed E-state index contributed by atoms with van der Waals surface area (Å²) in [6.07, 6.45) is 8.51. The maximum absolute atomic E-state index is 5.90. The van der Waals surface area contributed by atoms with Gasteiger partial charge >= 0.3 is 0 Å². The Morgan fingerprint density at radius 2 is 1.93 bits per heavy atom. The zero-order valence-corrected chi connectivity index (χ0v) is 9.66. The van der Waals surface area contributed by atoms with Gasteiger partial charge in [-0.05, 0) is 19.3 Å². The van der Waals surface area contributed by atoms with E-state index in [0.717, 1.165) is 19.7 Å². The van der Waals surface area contributed by atoms with Crippen LogP contribution in [0.15, 0.2) is 0 Å². The predicted molar refractivity (Wildman–Crippen MR) is 61.9 cm³/mol. The average Bonchev–Trinajstić information content (AvgIpc) is 2.25. The van der Waals surface area contributed by atoms with Gasteiger partial charge in [-0.3, -0.25) is 4.90 Å². The van der Waals surface area contributed by atoms with Crippen molar-refractivity contribution in [3.63, 3.8) is 0 Å². The van der Waals surface area contributed by atoms with Crippen LogP contribution in [-0.4, -0.2) is 43.3 Å². The van der Waals surface area contributed by atoms with Crippen LogP contribution in [0.2, 0.25) is 0 Å². The van der Waals surface area contributed by atoms with Crippen molar-refractivity contribution >= 4 is 0 Å². The molecule has 88 valence electrons.